The number of amides is 2. The molecule has 2 aromatic carbocycles. The first-order valence-corrected chi connectivity index (χ1v) is 9.73. The summed E-state index contributed by atoms with van der Waals surface area (Å²) in [7, 11) is 0. The maximum Gasteiger partial charge on any atom is 0.317 e. The molecular weight excluding hydrogens is 362 g/mol. The summed E-state index contributed by atoms with van der Waals surface area (Å²) in [6.07, 6.45) is 0.780. The van der Waals surface area contributed by atoms with E-state index in [0.717, 1.165) is 41.5 Å². The molecule has 1 saturated heterocycles. The number of anilines is 1. The van der Waals surface area contributed by atoms with Crippen molar-refractivity contribution in [1.82, 2.24) is 10.2 Å². The standard InChI is InChI=1S/C21H26ClN3O2/c1-17-6-2-3-9-20(17)27-15-5-10-23-21(26)25-13-11-24(12-14-25)19-8-4-7-18(22)16-19/h2-4,6-9,16H,5,10-15H2,1H3,(H,23,26). The summed E-state index contributed by atoms with van der Waals surface area (Å²) in [5.74, 6) is 0.904. The highest BCUT2D eigenvalue weighted by atomic mass is 35.5. The Morgan fingerprint density at radius 2 is 1.89 bits per heavy atom. The number of urea groups is 1. The zero-order valence-electron chi connectivity index (χ0n) is 15.7. The number of carbonyl (C=O) groups is 1. The number of benzene rings is 2. The van der Waals surface area contributed by atoms with Gasteiger partial charge in [-0.1, -0.05) is 35.9 Å². The Balaban J connectivity index is 1.34. The van der Waals surface area contributed by atoms with Crippen LogP contribution in [0.4, 0.5) is 10.5 Å². The molecule has 0 saturated carbocycles. The Morgan fingerprint density at radius 3 is 2.63 bits per heavy atom. The average Bonchev–Trinajstić information content (AvgIpc) is 2.69. The van der Waals surface area contributed by atoms with Crippen molar-refractivity contribution in [2.75, 3.05) is 44.2 Å². The van der Waals surface area contributed by atoms with Gasteiger partial charge in [0.05, 0.1) is 6.61 Å². The third kappa shape index (κ3) is 5.54. The van der Waals surface area contributed by atoms with Gasteiger partial charge in [-0.3, -0.25) is 0 Å². The SMILES string of the molecule is Cc1ccccc1OCCCNC(=O)N1CCN(c2cccc(Cl)c2)CC1. The van der Waals surface area contributed by atoms with E-state index in [2.05, 4.69) is 16.3 Å². The minimum atomic E-state index is -0.00312. The predicted octanol–water partition coefficient (Wildman–Crippen LogP) is 3.95. The molecule has 0 aromatic heterocycles. The Kier molecular flexibility index (Phi) is 6.82. The summed E-state index contributed by atoms with van der Waals surface area (Å²) in [5.41, 5.74) is 2.23. The quantitative estimate of drug-likeness (QED) is 0.763. The molecule has 1 aliphatic heterocycles. The number of hydrogen-bond acceptors (Lipinski definition) is 3. The molecule has 3 rings (SSSR count). The summed E-state index contributed by atoms with van der Waals surface area (Å²) < 4.78 is 5.75. The minimum Gasteiger partial charge on any atom is -0.493 e. The van der Waals surface area contributed by atoms with E-state index in [1.807, 2.05) is 54.3 Å². The molecule has 0 radical (unpaired) electrons. The number of halogens is 1. The van der Waals surface area contributed by atoms with Crippen molar-refractivity contribution in [3.05, 3.63) is 59.1 Å². The molecule has 1 fully saturated rings. The highest BCUT2D eigenvalue weighted by Crippen LogP contribution is 2.20. The molecule has 2 amide bonds. The number of nitrogens with zero attached hydrogens (tertiary/aromatic N) is 2. The molecular formula is C21H26ClN3O2. The summed E-state index contributed by atoms with van der Waals surface area (Å²) in [6.45, 7) is 6.26. The highest BCUT2D eigenvalue weighted by Gasteiger charge is 2.21. The second-order valence-electron chi connectivity index (χ2n) is 6.65. The van der Waals surface area contributed by atoms with Crippen molar-refractivity contribution < 1.29 is 9.53 Å². The van der Waals surface area contributed by atoms with Gasteiger partial charge in [0.25, 0.3) is 0 Å². The van der Waals surface area contributed by atoms with Crippen LogP contribution in [0, 0.1) is 6.92 Å². The van der Waals surface area contributed by atoms with Gasteiger partial charge in [-0.05, 0) is 43.2 Å². The minimum absolute atomic E-state index is 0.00312. The highest BCUT2D eigenvalue weighted by molar-refractivity contribution is 6.30. The third-order valence-corrected chi connectivity index (χ3v) is 4.92. The van der Waals surface area contributed by atoms with Crippen LogP contribution in [-0.2, 0) is 0 Å². The number of nitrogens with one attached hydrogen (secondary N) is 1. The van der Waals surface area contributed by atoms with Crippen LogP contribution in [-0.4, -0.2) is 50.3 Å². The van der Waals surface area contributed by atoms with Crippen LogP contribution in [0.2, 0.25) is 5.02 Å². The van der Waals surface area contributed by atoms with Crippen LogP contribution in [0.1, 0.15) is 12.0 Å². The number of para-hydroxylation sites is 1. The topological polar surface area (TPSA) is 44.8 Å². The second-order valence-corrected chi connectivity index (χ2v) is 7.09. The molecule has 5 nitrogen and oxygen atoms in total. The zero-order chi connectivity index (χ0) is 19.1. The molecule has 0 spiro atoms. The first kappa shape index (κ1) is 19.4. The number of piperazine rings is 1. The van der Waals surface area contributed by atoms with Gasteiger partial charge in [0, 0.05) is 43.4 Å². The van der Waals surface area contributed by atoms with Gasteiger partial charge in [-0.25, -0.2) is 4.79 Å². The molecule has 0 aliphatic carbocycles. The maximum atomic E-state index is 12.3. The van der Waals surface area contributed by atoms with Gasteiger partial charge in [-0.2, -0.15) is 0 Å². The first-order valence-electron chi connectivity index (χ1n) is 9.35. The van der Waals surface area contributed by atoms with Crippen LogP contribution in [0.25, 0.3) is 0 Å². The molecule has 6 heteroatoms. The van der Waals surface area contributed by atoms with Gasteiger partial charge in [0.1, 0.15) is 5.75 Å². The smallest absolute Gasteiger partial charge is 0.317 e. The van der Waals surface area contributed by atoms with Crippen LogP contribution in [0.15, 0.2) is 48.5 Å². The van der Waals surface area contributed by atoms with Crippen molar-refractivity contribution in [3.63, 3.8) is 0 Å². The fourth-order valence-corrected chi connectivity index (χ4v) is 3.30. The number of hydrogen-bond donors (Lipinski definition) is 1. The molecule has 27 heavy (non-hydrogen) atoms. The Labute approximate surface area is 165 Å². The zero-order valence-corrected chi connectivity index (χ0v) is 16.4. The molecule has 144 valence electrons. The van der Waals surface area contributed by atoms with E-state index in [1.54, 1.807) is 0 Å². The van der Waals surface area contributed by atoms with Crippen molar-refractivity contribution in [1.29, 1.82) is 0 Å². The van der Waals surface area contributed by atoms with Gasteiger partial charge >= 0.3 is 6.03 Å². The molecule has 0 unspecified atom stereocenters. The number of carbonyl (C=O) groups excluding carboxylic acids is 1. The summed E-state index contributed by atoms with van der Waals surface area (Å²) in [6, 6.07) is 15.8. The van der Waals surface area contributed by atoms with E-state index >= 15 is 0 Å². The van der Waals surface area contributed by atoms with E-state index in [0.29, 0.717) is 26.2 Å². The molecule has 1 heterocycles. The van der Waals surface area contributed by atoms with Crippen LogP contribution >= 0.6 is 11.6 Å². The Hall–Kier alpha value is -2.40. The lowest BCUT2D eigenvalue weighted by Gasteiger charge is -2.36. The van der Waals surface area contributed by atoms with Gasteiger partial charge in [0.2, 0.25) is 0 Å². The number of ether oxygens (including phenoxy) is 1. The van der Waals surface area contributed by atoms with Crippen LogP contribution in [0.3, 0.4) is 0 Å². The molecule has 0 bridgehead atoms. The second kappa shape index (κ2) is 9.51. The van der Waals surface area contributed by atoms with Crippen molar-refractivity contribution in [2.24, 2.45) is 0 Å². The van der Waals surface area contributed by atoms with Crippen LogP contribution in [0.5, 0.6) is 5.75 Å². The van der Waals surface area contributed by atoms with E-state index in [1.165, 1.54) is 0 Å². The monoisotopic (exact) mass is 387 g/mol. The molecule has 1 N–H and O–H groups in total. The summed E-state index contributed by atoms with van der Waals surface area (Å²) >= 11 is 6.06. The van der Waals surface area contributed by atoms with E-state index in [9.17, 15) is 4.79 Å². The maximum absolute atomic E-state index is 12.3. The van der Waals surface area contributed by atoms with Gasteiger partial charge in [0.15, 0.2) is 0 Å². The number of rotatable bonds is 6. The predicted molar refractivity (Wildman–Crippen MR) is 110 cm³/mol. The molecule has 1 aliphatic rings. The van der Waals surface area contributed by atoms with Gasteiger partial charge < -0.3 is 19.9 Å². The molecule has 2 aromatic rings. The first-order chi connectivity index (χ1) is 13.1. The normalized spacial score (nSPS) is 14.1. The Bertz CT molecular complexity index is 761. The fourth-order valence-electron chi connectivity index (χ4n) is 3.12. The van der Waals surface area contributed by atoms with E-state index in [4.69, 9.17) is 16.3 Å². The van der Waals surface area contributed by atoms with Crippen molar-refractivity contribution >= 4 is 23.3 Å². The average molecular weight is 388 g/mol. The Morgan fingerprint density at radius 1 is 1.11 bits per heavy atom. The van der Waals surface area contributed by atoms with E-state index in [-0.39, 0.29) is 6.03 Å². The van der Waals surface area contributed by atoms with Crippen molar-refractivity contribution in [2.45, 2.75) is 13.3 Å². The third-order valence-electron chi connectivity index (χ3n) is 4.69. The van der Waals surface area contributed by atoms with Gasteiger partial charge in [-0.15, -0.1) is 0 Å². The van der Waals surface area contributed by atoms with Crippen molar-refractivity contribution in [3.8, 4) is 5.75 Å². The van der Waals surface area contributed by atoms with Crippen LogP contribution < -0.4 is 15.0 Å². The lowest BCUT2D eigenvalue weighted by atomic mass is 10.2. The number of aryl methyl sites for hydroxylation is 1. The molecule has 0 atom stereocenters. The lowest BCUT2D eigenvalue weighted by Crippen LogP contribution is -2.52. The summed E-state index contributed by atoms with van der Waals surface area (Å²) in [5, 5.41) is 3.72. The fraction of sp³-hybridized carbons (Fsp3) is 0.381. The largest absolute Gasteiger partial charge is 0.493 e. The van der Waals surface area contributed by atoms with E-state index < -0.39 is 0 Å². The lowest BCUT2D eigenvalue weighted by molar-refractivity contribution is 0.193. The summed E-state index contributed by atoms with van der Waals surface area (Å²) in [4.78, 5) is 16.4.